The second-order valence-corrected chi connectivity index (χ2v) is 5.04. The molecule has 4 nitrogen and oxygen atoms in total. The molecule has 2 aromatic rings. The van der Waals surface area contributed by atoms with Gasteiger partial charge in [0.05, 0.1) is 31.5 Å². The number of hydrogen-bond donors (Lipinski definition) is 4. The highest BCUT2D eigenvalue weighted by atomic mass is 35.5. The van der Waals surface area contributed by atoms with Crippen LogP contribution in [-0.2, 0) is 0 Å². The van der Waals surface area contributed by atoms with Crippen LogP contribution in [0.3, 0.4) is 0 Å². The lowest BCUT2D eigenvalue weighted by Gasteiger charge is -2.15. The van der Waals surface area contributed by atoms with E-state index in [1.165, 1.54) is 0 Å². The zero-order chi connectivity index (χ0) is 13.8. The monoisotopic (exact) mass is 326 g/mol. The molecule has 0 atom stereocenters. The number of nitrogens with two attached hydrogens (primary N) is 2. The van der Waals surface area contributed by atoms with Crippen LogP contribution in [0.5, 0.6) is 11.5 Å². The predicted octanol–water partition coefficient (Wildman–Crippen LogP) is 4.03. The van der Waals surface area contributed by atoms with Crippen molar-refractivity contribution in [1.29, 1.82) is 0 Å². The highest BCUT2D eigenvalue weighted by molar-refractivity contribution is 6.52. The first-order valence-corrected chi connectivity index (χ1v) is 6.04. The van der Waals surface area contributed by atoms with E-state index < -0.39 is 11.5 Å². The van der Waals surface area contributed by atoms with Crippen LogP contribution in [-0.4, -0.2) is 10.2 Å². The van der Waals surface area contributed by atoms with Crippen molar-refractivity contribution in [2.45, 2.75) is 0 Å². The Labute approximate surface area is 122 Å². The average molecular weight is 328 g/mol. The summed E-state index contributed by atoms with van der Waals surface area (Å²) in [6.07, 6.45) is 0. The van der Waals surface area contributed by atoms with Gasteiger partial charge in [-0.25, -0.2) is 0 Å². The van der Waals surface area contributed by atoms with Gasteiger partial charge in [0.1, 0.15) is 0 Å². The van der Waals surface area contributed by atoms with Gasteiger partial charge >= 0.3 is 0 Å². The predicted molar refractivity (Wildman–Crippen MR) is 76.1 cm³/mol. The molecule has 0 unspecified atom stereocenters. The summed E-state index contributed by atoms with van der Waals surface area (Å²) in [5, 5.41) is 19.3. The number of nitrogen functional groups attached to an aromatic ring is 2. The molecule has 18 heavy (non-hydrogen) atoms. The molecule has 0 bridgehead atoms. The second kappa shape index (κ2) is 4.31. The molecule has 2 aromatic carbocycles. The summed E-state index contributed by atoms with van der Waals surface area (Å²) >= 11 is 23.8. The van der Waals surface area contributed by atoms with Gasteiger partial charge < -0.3 is 21.7 Å². The lowest BCUT2D eigenvalue weighted by atomic mass is 10.1. The molecule has 0 aromatic heterocycles. The van der Waals surface area contributed by atoms with Crippen molar-refractivity contribution in [2.24, 2.45) is 0 Å². The summed E-state index contributed by atoms with van der Waals surface area (Å²) < 4.78 is 0. The fourth-order valence-electron chi connectivity index (χ4n) is 1.58. The summed E-state index contributed by atoms with van der Waals surface area (Å²) in [7, 11) is 0. The Morgan fingerprint density at radius 1 is 0.611 bits per heavy atom. The van der Waals surface area contributed by atoms with Gasteiger partial charge in [-0.2, -0.15) is 0 Å². The molecule has 0 aliphatic rings. The number of aromatic hydroxyl groups is 2. The Kier molecular flexibility index (Phi) is 3.23. The molecule has 0 radical (unpaired) electrons. The number of rotatable bonds is 0. The highest BCUT2D eigenvalue weighted by Gasteiger charge is 2.23. The lowest BCUT2D eigenvalue weighted by molar-refractivity contribution is 0.477. The highest BCUT2D eigenvalue weighted by Crippen LogP contribution is 2.52. The molecular weight excluding hydrogens is 322 g/mol. The van der Waals surface area contributed by atoms with Gasteiger partial charge in [-0.1, -0.05) is 46.4 Å². The first kappa shape index (κ1) is 13.5. The first-order chi connectivity index (χ1) is 8.29. The first-order valence-electron chi connectivity index (χ1n) is 4.53. The minimum absolute atomic E-state index is 0.0610. The van der Waals surface area contributed by atoms with Gasteiger partial charge in [0.25, 0.3) is 0 Å². The summed E-state index contributed by atoms with van der Waals surface area (Å²) in [6, 6.07) is 0. The number of anilines is 2. The number of halogens is 4. The van der Waals surface area contributed by atoms with Crippen molar-refractivity contribution in [3.8, 4) is 11.5 Å². The maximum absolute atomic E-state index is 9.71. The molecule has 0 amide bonds. The molecule has 2 rings (SSSR count). The van der Waals surface area contributed by atoms with Gasteiger partial charge in [0.15, 0.2) is 11.5 Å². The molecule has 0 aliphatic carbocycles. The van der Waals surface area contributed by atoms with Crippen LogP contribution in [0, 0.1) is 0 Å². The Bertz CT molecular complexity index is 575. The molecule has 0 saturated carbocycles. The molecule has 8 heteroatoms. The van der Waals surface area contributed by atoms with E-state index >= 15 is 0 Å². The number of phenols is 2. The molecule has 0 aliphatic heterocycles. The lowest BCUT2D eigenvalue weighted by Crippen LogP contribution is -1.95. The van der Waals surface area contributed by atoms with E-state index in [-0.39, 0.29) is 42.2 Å². The molecular formula is C10H6Cl4N2O2. The van der Waals surface area contributed by atoms with Crippen LogP contribution in [0.1, 0.15) is 0 Å². The summed E-state index contributed by atoms with van der Waals surface area (Å²) in [4.78, 5) is 0. The maximum Gasteiger partial charge on any atom is 0.159 e. The van der Waals surface area contributed by atoms with Crippen molar-refractivity contribution in [1.82, 2.24) is 0 Å². The van der Waals surface area contributed by atoms with Gasteiger partial charge in [0, 0.05) is 10.8 Å². The van der Waals surface area contributed by atoms with E-state index in [0.717, 1.165) is 0 Å². The Hall–Kier alpha value is -0.940. The second-order valence-electron chi connectivity index (χ2n) is 3.53. The average Bonchev–Trinajstić information content (AvgIpc) is 2.35. The molecule has 6 N–H and O–H groups in total. The zero-order valence-corrected chi connectivity index (χ0v) is 11.6. The van der Waals surface area contributed by atoms with Crippen LogP contribution in [0.25, 0.3) is 10.8 Å². The number of benzene rings is 2. The standard InChI is InChI=1S/C10H6Cl4N2O2/c11-3-1-2(6(14)10(18)7(3)15)4(12)8(16)9(17)5(1)13/h17-18H,15-16H2. The maximum atomic E-state index is 9.71. The third kappa shape index (κ3) is 1.61. The van der Waals surface area contributed by atoms with Crippen LogP contribution >= 0.6 is 46.4 Å². The van der Waals surface area contributed by atoms with E-state index in [9.17, 15) is 10.2 Å². The van der Waals surface area contributed by atoms with Gasteiger partial charge in [-0.05, 0) is 0 Å². The van der Waals surface area contributed by atoms with Gasteiger partial charge in [-0.15, -0.1) is 0 Å². The van der Waals surface area contributed by atoms with Crippen molar-refractivity contribution in [2.75, 3.05) is 11.5 Å². The van der Waals surface area contributed by atoms with Crippen LogP contribution in [0.4, 0.5) is 11.4 Å². The van der Waals surface area contributed by atoms with E-state index in [0.29, 0.717) is 0 Å². The zero-order valence-electron chi connectivity index (χ0n) is 8.56. The van der Waals surface area contributed by atoms with Crippen LogP contribution < -0.4 is 11.5 Å². The largest absolute Gasteiger partial charge is 0.504 e. The smallest absolute Gasteiger partial charge is 0.159 e. The molecule has 0 heterocycles. The van der Waals surface area contributed by atoms with E-state index in [2.05, 4.69) is 0 Å². The molecule has 96 valence electrons. The Balaban J connectivity index is 3.22. The fourth-order valence-corrected chi connectivity index (χ4v) is 2.82. The topological polar surface area (TPSA) is 92.5 Å². The quantitative estimate of drug-likeness (QED) is 0.434. The summed E-state index contributed by atoms with van der Waals surface area (Å²) in [5.41, 5.74) is 10.8. The van der Waals surface area contributed by atoms with Crippen molar-refractivity contribution in [3.63, 3.8) is 0 Å². The summed E-state index contributed by atoms with van der Waals surface area (Å²) in [5.74, 6) is -0.838. The number of fused-ring (bicyclic) bond motifs is 1. The van der Waals surface area contributed by atoms with Crippen LogP contribution in [0.15, 0.2) is 0 Å². The SMILES string of the molecule is Nc1c(O)c(Cl)c2c(Cl)c(N)c(O)c(Cl)c2c1Cl. The normalized spacial score (nSPS) is 11.1. The fraction of sp³-hybridized carbons (Fsp3) is 0. The van der Waals surface area contributed by atoms with Crippen molar-refractivity contribution < 1.29 is 10.2 Å². The minimum atomic E-state index is -0.419. The van der Waals surface area contributed by atoms with E-state index in [4.69, 9.17) is 57.9 Å². The molecule has 0 fully saturated rings. The number of phenolic OH excluding ortho intramolecular Hbond substituents is 2. The van der Waals surface area contributed by atoms with Crippen molar-refractivity contribution in [3.05, 3.63) is 20.1 Å². The number of hydrogen-bond acceptors (Lipinski definition) is 4. The van der Waals surface area contributed by atoms with E-state index in [1.54, 1.807) is 0 Å². The van der Waals surface area contributed by atoms with Crippen LogP contribution in [0.2, 0.25) is 20.1 Å². The Morgan fingerprint density at radius 3 is 1.17 bits per heavy atom. The van der Waals surface area contributed by atoms with Gasteiger partial charge in [-0.3, -0.25) is 0 Å². The third-order valence-corrected chi connectivity index (χ3v) is 4.05. The Morgan fingerprint density at radius 2 is 0.889 bits per heavy atom. The van der Waals surface area contributed by atoms with Crippen molar-refractivity contribution >= 4 is 68.6 Å². The van der Waals surface area contributed by atoms with E-state index in [1.807, 2.05) is 0 Å². The third-order valence-electron chi connectivity index (χ3n) is 2.53. The molecule has 0 saturated heterocycles. The van der Waals surface area contributed by atoms with Gasteiger partial charge in [0.2, 0.25) is 0 Å². The molecule has 0 spiro atoms. The summed E-state index contributed by atoms with van der Waals surface area (Å²) in [6.45, 7) is 0. The minimum Gasteiger partial charge on any atom is -0.504 e.